The van der Waals surface area contributed by atoms with E-state index in [-0.39, 0.29) is 11.6 Å². The van der Waals surface area contributed by atoms with Gasteiger partial charge in [0.15, 0.2) is 5.78 Å². The summed E-state index contributed by atoms with van der Waals surface area (Å²) in [4.78, 5) is 16.3. The van der Waals surface area contributed by atoms with Crippen molar-refractivity contribution in [3.8, 4) is 0 Å². The number of carbonyl (C=O) groups is 1. The number of aromatic amines is 1. The van der Waals surface area contributed by atoms with Crippen molar-refractivity contribution in [1.82, 2.24) is 15.2 Å². The first-order valence-electron chi connectivity index (χ1n) is 7.76. The van der Waals surface area contributed by atoms with Gasteiger partial charge in [-0.2, -0.15) is 0 Å². The molecule has 7 heteroatoms. The monoisotopic (exact) mass is 357 g/mol. The Bertz CT molecular complexity index is 842. The van der Waals surface area contributed by atoms with Crippen molar-refractivity contribution in [2.75, 3.05) is 5.75 Å². The molecule has 2 heterocycles. The Morgan fingerprint density at radius 2 is 2.08 bits per heavy atom. The van der Waals surface area contributed by atoms with Gasteiger partial charge in [0.1, 0.15) is 17.4 Å². The molecule has 0 bridgehead atoms. The molecule has 3 rings (SSSR count). The van der Waals surface area contributed by atoms with Gasteiger partial charge in [0.25, 0.3) is 0 Å². The number of nitrogens with zero attached hydrogens (tertiary/aromatic N) is 2. The topological polar surface area (TPSA) is 71.8 Å². The molecule has 128 valence electrons. The summed E-state index contributed by atoms with van der Waals surface area (Å²) in [6.07, 6.45) is 6.31. The van der Waals surface area contributed by atoms with E-state index in [0.29, 0.717) is 29.4 Å². The normalized spacial score (nSPS) is 11.2. The fraction of sp³-hybridized carbons (Fsp3) is 0.167. The molecule has 0 spiro atoms. The van der Waals surface area contributed by atoms with Crippen LogP contribution in [0, 0.1) is 5.82 Å². The lowest BCUT2D eigenvalue weighted by Crippen LogP contribution is -1.99. The number of nitrogens with one attached hydrogen (secondary N) is 1. The first-order chi connectivity index (χ1) is 12.2. The molecule has 0 amide bonds. The van der Waals surface area contributed by atoms with Crippen molar-refractivity contribution >= 4 is 29.7 Å². The third-order valence-electron chi connectivity index (χ3n) is 3.38. The molecule has 1 aromatic carbocycles. The average molecular weight is 357 g/mol. The number of hydrogen-bond donors (Lipinski definition) is 1. The number of aromatic nitrogens is 3. The minimum atomic E-state index is -0.339. The number of ketones is 1. The van der Waals surface area contributed by atoms with Crippen LogP contribution < -0.4 is 0 Å². The van der Waals surface area contributed by atoms with Crippen LogP contribution in [0.1, 0.15) is 34.8 Å². The number of rotatable bonds is 8. The van der Waals surface area contributed by atoms with Crippen molar-refractivity contribution in [3.63, 3.8) is 0 Å². The Labute approximate surface area is 148 Å². The molecule has 0 aliphatic heterocycles. The maximum atomic E-state index is 12.8. The number of carbonyl (C=O) groups excluding carboxylic acids is 1. The Morgan fingerprint density at radius 3 is 2.84 bits per heavy atom. The lowest BCUT2D eigenvalue weighted by atomic mass is 10.1. The van der Waals surface area contributed by atoms with Crippen LogP contribution in [-0.2, 0) is 0 Å². The van der Waals surface area contributed by atoms with Gasteiger partial charge in [-0.1, -0.05) is 11.8 Å². The molecule has 1 N–H and O–H groups in total. The third kappa shape index (κ3) is 5.15. The maximum absolute atomic E-state index is 12.8. The zero-order valence-corrected chi connectivity index (χ0v) is 14.1. The van der Waals surface area contributed by atoms with E-state index in [1.807, 2.05) is 12.1 Å². The van der Waals surface area contributed by atoms with E-state index in [2.05, 4.69) is 15.2 Å². The lowest BCUT2D eigenvalue weighted by Gasteiger charge is -2.00. The van der Waals surface area contributed by atoms with E-state index in [1.165, 1.54) is 36.0 Å². The van der Waals surface area contributed by atoms with Gasteiger partial charge in [0.2, 0.25) is 5.16 Å². The molecule has 0 saturated carbocycles. The molecular formula is C18H16FN3O2S. The molecule has 0 radical (unpaired) electrons. The van der Waals surface area contributed by atoms with Crippen LogP contribution in [0.4, 0.5) is 4.39 Å². The summed E-state index contributed by atoms with van der Waals surface area (Å²) < 4.78 is 18.0. The summed E-state index contributed by atoms with van der Waals surface area (Å²) >= 11 is 1.48. The van der Waals surface area contributed by atoms with Crippen molar-refractivity contribution in [1.29, 1.82) is 0 Å². The minimum Gasteiger partial charge on any atom is -0.465 e. The SMILES string of the molecule is O=C(CCCSc1n[nH]c(/C=C/c2ccco2)n1)c1ccc(F)cc1. The highest BCUT2D eigenvalue weighted by Gasteiger charge is 2.07. The zero-order chi connectivity index (χ0) is 17.5. The second-order valence-electron chi connectivity index (χ2n) is 5.23. The van der Waals surface area contributed by atoms with Crippen LogP contribution in [0.2, 0.25) is 0 Å². The van der Waals surface area contributed by atoms with Crippen LogP contribution in [0.15, 0.2) is 52.2 Å². The molecule has 0 unspecified atom stereocenters. The molecule has 0 aliphatic carbocycles. The van der Waals surface area contributed by atoms with Crippen LogP contribution in [-0.4, -0.2) is 26.7 Å². The van der Waals surface area contributed by atoms with Crippen molar-refractivity contribution < 1.29 is 13.6 Å². The van der Waals surface area contributed by atoms with Gasteiger partial charge >= 0.3 is 0 Å². The molecule has 0 aliphatic rings. The molecule has 2 aromatic heterocycles. The van der Waals surface area contributed by atoms with E-state index >= 15 is 0 Å². The maximum Gasteiger partial charge on any atom is 0.208 e. The molecule has 3 aromatic rings. The summed E-state index contributed by atoms with van der Waals surface area (Å²) in [6.45, 7) is 0. The first kappa shape index (κ1) is 17.2. The third-order valence-corrected chi connectivity index (χ3v) is 4.31. The molecule has 0 atom stereocenters. The quantitative estimate of drug-likeness (QED) is 0.366. The zero-order valence-electron chi connectivity index (χ0n) is 13.3. The molecule has 0 saturated heterocycles. The van der Waals surface area contributed by atoms with Gasteiger partial charge in [0.05, 0.1) is 6.26 Å². The number of H-pyrrole nitrogens is 1. The van der Waals surface area contributed by atoms with Gasteiger partial charge in [-0.25, -0.2) is 9.37 Å². The highest BCUT2D eigenvalue weighted by molar-refractivity contribution is 7.99. The van der Waals surface area contributed by atoms with Crippen LogP contribution in [0.3, 0.4) is 0 Å². The molecule has 0 fully saturated rings. The fourth-order valence-electron chi connectivity index (χ4n) is 2.12. The van der Waals surface area contributed by atoms with E-state index in [9.17, 15) is 9.18 Å². The van der Waals surface area contributed by atoms with Gasteiger partial charge in [0, 0.05) is 17.7 Å². The number of benzene rings is 1. The van der Waals surface area contributed by atoms with Gasteiger partial charge in [-0.15, -0.1) is 5.10 Å². The Hall–Kier alpha value is -2.67. The van der Waals surface area contributed by atoms with E-state index in [4.69, 9.17) is 4.42 Å². The summed E-state index contributed by atoms with van der Waals surface area (Å²) in [6, 6.07) is 9.28. The fourth-order valence-corrected chi connectivity index (χ4v) is 2.87. The van der Waals surface area contributed by atoms with E-state index in [0.717, 1.165) is 11.5 Å². The summed E-state index contributed by atoms with van der Waals surface area (Å²) in [5.74, 6) is 1.78. The van der Waals surface area contributed by atoms with Crippen LogP contribution in [0.5, 0.6) is 0 Å². The molecule has 5 nitrogen and oxygen atoms in total. The molecule has 25 heavy (non-hydrogen) atoms. The number of thioether (sulfide) groups is 1. The minimum absolute atomic E-state index is 0.0117. The van der Waals surface area contributed by atoms with E-state index in [1.54, 1.807) is 18.4 Å². The molecular weight excluding hydrogens is 341 g/mol. The predicted molar refractivity (Wildman–Crippen MR) is 94.7 cm³/mol. The first-order valence-corrected chi connectivity index (χ1v) is 8.75. The Balaban J connectivity index is 1.42. The summed E-state index contributed by atoms with van der Waals surface area (Å²) in [5.41, 5.74) is 0.537. The number of halogens is 1. The lowest BCUT2D eigenvalue weighted by molar-refractivity contribution is 0.0982. The van der Waals surface area contributed by atoms with Crippen molar-refractivity contribution in [2.24, 2.45) is 0 Å². The van der Waals surface area contributed by atoms with Crippen LogP contribution >= 0.6 is 11.8 Å². The predicted octanol–water partition coefficient (Wildman–Crippen LogP) is 4.46. The van der Waals surface area contributed by atoms with Crippen molar-refractivity contribution in [3.05, 3.63) is 65.6 Å². The highest BCUT2D eigenvalue weighted by atomic mass is 32.2. The average Bonchev–Trinajstić information content (AvgIpc) is 3.29. The Morgan fingerprint density at radius 1 is 1.24 bits per heavy atom. The number of Topliss-reactive ketones (excluding diaryl/α,β-unsaturated/α-hetero) is 1. The second-order valence-corrected chi connectivity index (χ2v) is 6.30. The highest BCUT2D eigenvalue weighted by Crippen LogP contribution is 2.16. The Kier molecular flexibility index (Phi) is 5.79. The largest absolute Gasteiger partial charge is 0.465 e. The number of furan rings is 1. The second kappa shape index (κ2) is 8.43. The standard InChI is InChI=1S/C18H16FN3O2S/c19-14-7-5-13(6-8-14)16(23)4-2-12-25-18-20-17(21-22-18)10-9-15-3-1-11-24-15/h1,3,5-11H,2,4,12H2,(H,20,21,22)/b10-9+. The van der Waals surface area contributed by atoms with E-state index < -0.39 is 0 Å². The summed E-state index contributed by atoms with van der Waals surface area (Å²) in [7, 11) is 0. The van der Waals surface area contributed by atoms with Crippen molar-refractivity contribution in [2.45, 2.75) is 18.0 Å². The van der Waals surface area contributed by atoms with Gasteiger partial charge in [-0.3, -0.25) is 9.89 Å². The summed E-state index contributed by atoms with van der Waals surface area (Å²) in [5, 5.41) is 7.59. The van der Waals surface area contributed by atoms with Gasteiger partial charge in [-0.05, 0) is 55.0 Å². The van der Waals surface area contributed by atoms with Crippen LogP contribution in [0.25, 0.3) is 12.2 Å². The smallest absolute Gasteiger partial charge is 0.208 e. The van der Waals surface area contributed by atoms with Gasteiger partial charge < -0.3 is 4.42 Å². The number of hydrogen-bond acceptors (Lipinski definition) is 5.